The first-order chi connectivity index (χ1) is 11.3. The minimum absolute atomic E-state index is 0.0792. The van der Waals surface area contributed by atoms with Gasteiger partial charge in [-0.1, -0.05) is 11.6 Å². The molecule has 1 saturated heterocycles. The van der Waals surface area contributed by atoms with Crippen LogP contribution in [0.5, 0.6) is 0 Å². The van der Waals surface area contributed by atoms with Crippen LogP contribution >= 0.6 is 11.6 Å². The number of hydrogen-bond donors (Lipinski definition) is 2. The van der Waals surface area contributed by atoms with Crippen molar-refractivity contribution < 1.29 is 27.5 Å². The second-order valence-electron chi connectivity index (χ2n) is 5.02. The van der Waals surface area contributed by atoms with Crippen LogP contribution in [0.15, 0.2) is 18.2 Å². The Morgan fingerprint density at radius 1 is 1.38 bits per heavy atom. The van der Waals surface area contributed by atoms with Crippen LogP contribution in [-0.2, 0) is 10.9 Å². The van der Waals surface area contributed by atoms with Crippen LogP contribution in [0.2, 0.25) is 5.02 Å². The lowest BCUT2D eigenvalue weighted by Crippen LogP contribution is -2.43. The summed E-state index contributed by atoms with van der Waals surface area (Å²) in [5.41, 5.74) is -1.44. The second kappa shape index (κ2) is 7.61. The summed E-state index contributed by atoms with van der Waals surface area (Å²) in [6.07, 6.45) is -4.43. The van der Waals surface area contributed by atoms with E-state index in [9.17, 15) is 22.8 Å². The SMILES string of the molecule is O=C(NCCN1CCCOC1=O)Nc1ccc(Cl)cc1C(F)(F)F. The molecule has 0 aromatic heterocycles. The molecule has 24 heavy (non-hydrogen) atoms. The molecular weight excluding hydrogens is 351 g/mol. The van der Waals surface area contributed by atoms with Crippen LogP contribution in [0.4, 0.5) is 28.4 Å². The van der Waals surface area contributed by atoms with E-state index in [4.69, 9.17) is 16.3 Å². The molecule has 0 unspecified atom stereocenters. The Morgan fingerprint density at radius 2 is 2.12 bits per heavy atom. The molecule has 1 heterocycles. The fourth-order valence-electron chi connectivity index (χ4n) is 2.13. The fraction of sp³-hybridized carbons (Fsp3) is 0.429. The number of alkyl halides is 3. The monoisotopic (exact) mass is 365 g/mol. The number of anilines is 1. The lowest BCUT2D eigenvalue weighted by molar-refractivity contribution is -0.136. The smallest absolute Gasteiger partial charge is 0.418 e. The Bertz CT molecular complexity index is 625. The van der Waals surface area contributed by atoms with E-state index >= 15 is 0 Å². The van der Waals surface area contributed by atoms with E-state index in [0.29, 0.717) is 19.6 Å². The van der Waals surface area contributed by atoms with Crippen molar-refractivity contribution >= 4 is 29.4 Å². The molecule has 3 amide bonds. The van der Waals surface area contributed by atoms with Crippen molar-refractivity contribution in [2.45, 2.75) is 12.6 Å². The third-order valence-corrected chi connectivity index (χ3v) is 3.49. The molecule has 0 saturated carbocycles. The average Bonchev–Trinajstić information content (AvgIpc) is 2.50. The van der Waals surface area contributed by atoms with E-state index in [-0.39, 0.29) is 18.1 Å². The number of nitrogens with zero attached hydrogens (tertiary/aromatic N) is 1. The minimum Gasteiger partial charge on any atom is -0.449 e. The number of ether oxygens (including phenoxy) is 1. The maximum atomic E-state index is 12.9. The van der Waals surface area contributed by atoms with Crippen molar-refractivity contribution in [1.29, 1.82) is 0 Å². The van der Waals surface area contributed by atoms with Gasteiger partial charge in [-0.15, -0.1) is 0 Å². The van der Waals surface area contributed by atoms with Crippen LogP contribution in [0.3, 0.4) is 0 Å². The van der Waals surface area contributed by atoms with Gasteiger partial charge in [0.2, 0.25) is 0 Å². The summed E-state index contributed by atoms with van der Waals surface area (Å²) < 4.78 is 43.6. The van der Waals surface area contributed by atoms with Gasteiger partial charge in [0.25, 0.3) is 0 Å². The van der Waals surface area contributed by atoms with Crippen LogP contribution in [-0.4, -0.2) is 43.3 Å². The molecule has 10 heteroatoms. The number of benzene rings is 1. The molecule has 0 radical (unpaired) electrons. The summed E-state index contributed by atoms with van der Waals surface area (Å²) in [4.78, 5) is 24.5. The zero-order valence-electron chi connectivity index (χ0n) is 12.5. The number of rotatable bonds is 4. The Hall–Kier alpha value is -2.16. The van der Waals surface area contributed by atoms with E-state index in [1.807, 2.05) is 0 Å². The van der Waals surface area contributed by atoms with E-state index in [1.54, 1.807) is 0 Å². The lowest BCUT2D eigenvalue weighted by atomic mass is 10.1. The van der Waals surface area contributed by atoms with Crippen molar-refractivity contribution in [3.63, 3.8) is 0 Å². The number of hydrogen-bond acceptors (Lipinski definition) is 3. The third-order valence-electron chi connectivity index (χ3n) is 3.26. The molecular formula is C14H15ClF3N3O3. The fourth-order valence-corrected chi connectivity index (χ4v) is 2.30. The van der Waals surface area contributed by atoms with E-state index < -0.39 is 29.6 Å². The highest BCUT2D eigenvalue weighted by Crippen LogP contribution is 2.36. The third kappa shape index (κ3) is 4.92. The van der Waals surface area contributed by atoms with Crippen molar-refractivity contribution in [3.05, 3.63) is 28.8 Å². The number of urea groups is 1. The summed E-state index contributed by atoms with van der Waals surface area (Å²) in [5.74, 6) is 0. The van der Waals surface area contributed by atoms with Crippen LogP contribution in [0.1, 0.15) is 12.0 Å². The van der Waals surface area contributed by atoms with E-state index in [1.165, 1.54) is 11.0 Å². The molecule has 1 fully saturated rings. The Kier molecular flexibility index (Phi) is 5.76. The van der Waals surface area contributed by atoms with Gasteiger partial charge in [-0.2, -0.15) is 13.2 Å². The molecule has 1 aliphatic heterocycles. The number of cyclic esters (lactones) is 1. The van der Waals surface area contributed by atoms with Gasteiger partial charge in [0.05, 0.1) is 17.9 Å². The maximum absolute atomic E-state index is 12.9. The molecule has 0 spiro atoms. The Balaban J connectivity index is 1.89. The van der Waals surface area contributed by atoms with Gasteiger partial charge < -0.3 is 20.3 Å². The number of nitrogens with one attached hydrogen (secondary N) is 2. The van der Waals surface area contributed by atoms with Gasteiger partial charge in [0.1, 0.15) is 0 Å². The largest absolute Gasteiger partial charge is 0.449 e. The number of carbonyl (C=O) groups is 2. The molecule has 2 N–H and O–H groups in total. The number of carbonyl (C=O) groups excluding carboxylic acids is 2. The maximum Gasteiger partial charge on any atom is 0.418 e. The Labute approximate surface area is 140 Å². The summed E-state index contributed by atoms with van der Waals surface area (Å²) in [5, 5.41) is 4.44. The second-order valence-corrected chi connectivity index (χ2v) is 5.46. The van der Waals surface area contributed by atoms with E-state index in [2.05, 4.69) is 10.6 Å². The lowest BCUT2D eigenvalue weighted by Gasteiger charge is -2.26. The van der Waals surface area contributed by atoms with Crippen molar-refractivity contribution in [1.82, 2.24) is 10.2 Å². The van der Waals surface area contributed by atoms with Crippen molar-refractivity contribution in [2.24, 2.45) is 0 Å². The van der Waals surface area contributed by atoms with Crippen LogP contribution < -0.4 is 10.6 Å². The summed E-state index contributed by atoms with van der Waals surface area (Å²) in [6.45, 7) is 1.16. The molecule has 0 atom stereocenters. The predicted molar refractivity (Wildman–Crippen MR) is 81.0 cm³/mol. The summed E-state index contributed by atoms with van der Waals surface area (Å²) >= 11 is 5.57. The first-order valence-electron chi connectivity index (χ1n) is 7.10. The Morgan fingerprint density at radius 3 is 2.79 bits per heavy atom. The topological polar surface area (TPSA) is 70.7 Å². The molecule has 132 valence electrons. The van der Waals surface area contributed by atoms with Gasteiger partial charge >= 0.3 is 18.3 Å². The summed E-state index contributed by atoms with van der Waals surface area (Å²) in [6, 6.07) is 2.25. The van der Waals surface area contributed by atoms with Gasteiger partial charge in [0, 0.05) is 24.7 Å². The van der Waals surface area contributed by atoms with E-state index in [0.717, 1.165) is 12.1 Å². The molecule has 1 aliphatic rings. The first-order valence-corrected chi connectivity index (χ1v) is 7.48. The van der Waals surface area contributed by atoms with Crippen LogP contribution in [0.25, 0.3) is 0 Å². The first kappa shape index (κ1) is 18.2. The number of halogens is 4. The highest BCUT2D eigenvalue weighted by Gasteiger charge is 2.34. The predicted octanol–water partition coefficient (Wildman–Crippen LogP) is 3.32. The molecule has 6 nitrogen and oxygen atoms in total. The quantitative estimate of drug-likeness (QED) is 0.859. The number of amides is 3. The standard InChI is InChI=1S/C14H15ClF3N3O3/c15-9-2-3-11(10(8-9)14(16,17)18)20-12(22)19-4-6-21-5-1-7-24-13(21)23/h2-3,8H,1,4-7H2,(H2,19,20,22). The zero-order valence-corrected chi connectivity index (χ0v) is 13.2. The van der Waals surface area contributed by atoms with Gasteiger partial charge in [-0.05, 0) is 24.6 Å². The van der Waals surface area contributed by atoms with Crippen LogP contribution in [0, 0.1) is 0 Å². The van der Waals surface area contributed by atoms with Gasteiger partial charge in [-0.3, -0.25) is 0 Å². The molecule has 0 bridgehead atoms. The average molecular weight is 366 g/mol. The molecule has 1 aromatic rings. The van der Waals surface area contributed by atoms with Crippen molar-refractivity contribution in [2.75, 3.05) is 31.6 Å². The highest BCUT2D eigenvalue weighted by atomic mass is 35.5. The van der Waals surface area contributed by atoms with Crippen molar-refractivity contribution in [3.8, 4) is 0 Å². The molecule has 0 aliphatic carbocycles. The summed E-state index contributed by atoms with van der Waals surface area (Å²) in [7, 11) is 0. The molecule has 1 aromatic carbocycles. The molecule has 2 rings (SSSR count). The van der Waals surface area contributed by atoms with Gasteiger partial charge in [0.15, 0.2) is 0 Å². The highest BCUT2D eigenvalue weighted by molar-refractivity contribution is 6.30. The van der Waals surface area contributed by atoms with Gasteiger partial charge in [-0.25, -0.2) is 9.59 Å². The normalized spacial score (nSPS) is 15.0. The zero-order chi connectivity index (χ0) is 17.7. The minimum atomic E-state index is -4.65.